The highest BCUT2D eigenvalue weighted by molar-refractivity contribution is 5.28. The summed E-state index contributed by atoms with van der Waals surface area (Å²) >= 11 is 0. The number of ether oxygens (including phenoxy) is 1. The third kappa shape index (κ3) is 4.89. The summed E-state index contributed by atoms with van der Waals surface area (Å²) in [7, 11) is 1.70. The number of aromatic nitrogens is 5. The molecule has 0 spiro atoms. The molecule has 1 aliphatic rings. The number of benzene rings is 1. The maximum atomic E-state index is 5.25. The van der Waals surface area contributed by atoms with Gasteiger partial charge in [-0.05, 0) is 34.5 Å². The lowest BCUT2D eigenvalue weighted by Crippen LogP contribution is -2.48. The lowest BCUT2D eigenvalue weighted by molar-refractivity contribution is 0.0988. The third-order valence-corrected chi connectivity index (χ3v) is 5.61. The molecule has 1 saturated heterocycles. The number of nitrogens with zero attached hydrogens (tertiary/aromatic N) is 7. The average Bonchev–Trinajstić information content (AvgIpc) is 3.24. The van der Waals surface area contributed by atoms with Crippen LogP contribution >= 0.6 is 0 Å². The molecule has 0 unspecified atom stereocenters. The first kappa shape index (κ1) is 20.6. The van der Waals surface area contributed by atoms with Gasteiger partial charge in [0.15, 0.2) is 5.82 Å². The van der Waals surface area contributed by atoms with Crippen molar-refractivity contribution in [3.63, 3.8) is 0 Å². The summed E-state index contributed by atoms with van der Waals surface area (Å²) in [6.07, 6.45) is 3.77. The van der Waals surface area contributed by atoms with Gasteiger partial charge in [-0.3, -0.25) is 14.8 Å². The van der Waals surface area contributed by atoms with Gasteiger partial charge in [-0.15, -0.1) is 5.10 Å². The SMILES string of the molecule is COCCn1nnnc1[C@@H](c1ccc(C)cc1)N1CCN(Cc2cccnc2)CC1. The van der Waals surface area contributed by atoms with Crippen molar-refractivity contribution in [1.82, 2.24) is 35.0 Å². The normalized spacial score (nSPS) is 16.6. The van der Waals surface area contributed by atoms with E-state index in [-0.39, 0.29) is 6.04 Å². The molecule has 1 aromatic carbocycles. The Labute approximate surface area is 177 Å². The summed E-state index contributed by atoms with van der Waals surface area (Å²) in [5.41, 5.74) is 3.72. The number of hydrogen-bond donors (Lipinski definition) is 0. The molecular formula is C22H29N7O. The molecule has 0 amide bonds. The minimum absolute atomic E-state index is 0.0259. The summed E-state index contributed by atoms with van der Waals surface area (Å²) in [4.78, 5) is 9.20. The number of pyridine rings is 1. The summed E-state index contributed by atoms with van der Waals surface area (Å²) in [5.74, 6) is 0.872. The molecule has 1 fully saturated rings. The average molecular weight is 408 g/mol. The van der Waals surface area contributed by atoms with E-state index in [1.807, 2.05) is 23.1 Å². The zero-order valence-corrected chi connectivity index (χ0v) is 17.7. The number of rotatable bonds is 8. The van der Waals surface area contributed by atoms with Crippen molar-refractivity contribution in [3.8, 4) is 0 Å². The molecule has 3 heterocycles. The van der Waals surface area contributed by atoms with Gasteiger partial charge in [0.2, 0.25) is 0 Å². The van der Waals surface area contributed by atoms with Crippen LogP contribution in [0.25, 0.3) is 0 Å². The fraction of sp³-hybridized carbons (Fsp3) is 0.455. The monoisotopic (exact) mass is 407 g/mol. The highest BCUT2D eigenvalue weighted by Gasteiger charge is 2.30. The Bertz CT molecular complexity index is 905. The van der Waals surface area contributed by atoms with Crippen LogP contribution in [0.3, 0.4) is 0 Å². The minimum atomic E-state index is 0.0259. The van der Waals surface area contributed by atoms with Crippen LogP contribution < -0.4 is 0 Å². The van der Waals surface area contributed by atoms with Gasteiger partial charge in [0, 0.05) is 52.2 Å². The molecule has 30 heavy (non-hydrogen) atoms. The van der Waals surface area contributed by atoms with Gasteiger partial charge in [0.05, 0.1) is 19.2 Å². The maximum Gasteiger partial charge on any atom is 0.173 e. The van der Waals surface area contributed by atoms with E-state index in [0.29, 0.717) is 13.2 Å². The highest BCUT2D eigenvalue weighted by Crippen LogP contribution is 2.28. The molecule has 8 heteroatoms. The second-order valence-electron chi connectivity index (χ2n) is 7.74. The van der Waals surface area contributed by atoms with Crippen LogP contribution in [-0.2, 0) is 17.8 Å². The Morgan fingerprint density at radius 3 is 2.57 bits per heavy atom. The van der Waals surface area contributed by atoms with Crippen molar-refractivity contribution in [1.29, 1.82) is 0 Å². The summed E-state index contributed by atoms with van der Waals surface area (Å²) in [6.45, 7) is 8.17. The lowest BCUT2D eigenvalue weighted by Gasteiger charge is -2.39. The van der Waals surface area contributed by atoms with Crippen molar-refractivity contribution in [2.24, 2.45) is 0 Å². The van der Waals surface area contributed by atoms with Crippen LogP contribution in [0.4, 0.5) is 0 Å². The molecule has 0 radical (unpaired) electrons. The Morgan fingerprint density at radius 1 is 1.07 bits per heavy atom. The van der Waals surface area contributed by atoms with E-state index in [9.17, 15) is 0 Å². The van der Waals surface area contributed by atoms with Crippen molar-refractivity contribution in [2.45, 2.75) is 26.1 Å². The zero-order chi connectivity index (χ0) is 20.8. The number of tetrazole rings is 1. The summed E-state index contributed by atoms with van der Waals surface area (Å²) in [5, 5.41) is 12.6. The number of aryl methyl sites for hydroxylation is 1. The van der Waals surface area contributed by atoms with Gasteiger partial charge in [-0.25, -0.2) is 4.68 Å². The van der Waals surface area contributed by atoms with E-state index < -0.39 is 0 Å². The molecule has 4 rings (SSSR count). The van der Waals surface area contributed by atoms with Gasteiger partial charge < -0.3 is 4.74 Å². The van der Waals surface area contributed by atoms with E-state index in [1.165, 1.54) is 16.7 Å². The van der Waals surface area contributed by atoms with E-state index in [0.717, 1.165) is 38.5 Å². The Balaban J connectivity index is 1.52. The fourth-order valence-corrected chi connectivity index (χ4v) is 3.95. The lowest BCUT2D eigenvalue weighted by atomic mass is 10.0. The number of piperazine rings is 1. The predicted octanol–water partition coefficient (Wildman–Crippen LogP) is 1.93. The third-order valence-electron chi connectivity index (χ3n) is 5.61. The first-order chi connectivity index (χ1) is 14.7. The molecule has 1 aliphatic heterocycles. The summed E-state index contributed by atoms with van der Waals surface area (Å²) < 4.78 is 7.12. The van der Waals surface area contributed by atoms with E-state index in [1.54, 1.807) is 7.11 Å². The smallest absolute Gasteiger partial charge is 0.173 e. The first-order valence-corrected chi connectivity index (χ1v) is 10.4. The molecule has 2 aromatic heterocycles. The Morgan fingerprint density at radius 2 is 1.87 bits per heavy atom. The molecule has 0 bridgehead atoms. The van der Waals surface area contributed by atoms with Crippen LogP contribution in [0.2, 0.25) is 0 Å². The van der Waals surface area contributed by atoms with E-state index in [2.05, 4.69) is 67.6 Å². The number of methoxy groups -OCH3 is 1. The standard InChI is InChI=1S/C22H29N7O/c1-18-5-7-20(8-6-18)21(22-24-25-26-29(22)14-15-30-2)28-12-10-27(11-13-28)17-19-4-3-9-23-16-19/h3-9,16,21H,10-15,17H2,1-2H3/t21-/m1/s1. The van der Waals surface area contributed by atoms with E-state index >= 15 is 0 Å². The Hall–Kier alpha value is -2.68. The molecule has 158 valence electrons. The maximum absolute atomic E-state index is 5.25. The van der Waals surface area contributed by atoms with Crippen molar-refractivity contribution < 1.29 is 4.74 Å². The first-order valence-electron chi connectivity index (χ1n) is 10.4. The van der Waals surface area contributed by atoms with Crippen LogP contribution in [0.15, 0.2) is 48.8 Å². The van der Waals surface area contributed by atoms with Crippen molar-refractivity contribution in [2.75, 3.05) is 39.9 Å². The van der Waals surface area contributed by atoms with Crippen molar-refractivity contribution in [3.05, 3.63) is 71.3 Å². The van der Waals surface area contributed by atoms with Crippen LogP contribution in [0, 0.1) is 6.92 Å². The molecular weight excluding hydrogens is 378 g/mol. The molecule has 1 atom stereocenters. The van der Waals surface area contributed by atoms with Gasteiger partial charge in [-0.1, -0.05) is 35.9 Å². The zero-order valence-electron chi connectivity index (χ0n) is 17.7. The van der Waals surface area contributed by atoms with Gasteiger partial charge in [0.1, 0.15) is 0 Å². The van der Waals surface area contributed by atoms with Gasteiger partial charge >= 0.3 is 0 Å². The number of hydrogen-bond acceptors (Lipinski definition) is 7. The quantitative estimate of drug-likeness (QED) is 0.565. The van der Waals surface area contributed by atoms with E-state index in [4.69, 9.17) is 4.74 Å². The fourth-order valence-electron chi connectivity index (χ4n) is 3.95. The molecule has 0 N–H and O–H groups in total. The molecule has 8 nitrogen and oxygen atoms in total. The highest BCUT2D eigenvalue weighted by atomic mass is 16.5. The molecule has 3 aromatic rings. The Kier molecular flexibility index (Phi) is 6.78. The minimum Gasteiger partial charge on any atom is -0.383 e. The van der Waals surface area contributed by atoms with Gasteiger partial charge in [0.25, 0.3) is 0 Å². The topological polar surface area (TPSA) is 72.2 Å². The second kappa shape index (κ2) is 9.88. The summed E-state index contributed by atoms with van der Waals surface area (Å²) in [6, 6.07) is 12.9. The van der Waals surface area contributed by atoms with Crippen LogP contribution in [0.1, 0.15) is 28.6 Å². The second-order valence-corrected chi connectivity index (χ2v) is 7.74. The largest absolute Gasteiger partial charge is 0.383 e. The van der Waals surface area contributed by atoms with Crippen molar-refractivity contribution >= 4 is 0 Å². The van der Waals surface area contributed by atoms with Gasteiger partial charge in [-0.2, -0.15) is 0 Å². The predicted molar refractivity (Wildman–Crippen MR) is 114 cm³/mol. The van der Waals surface area contributed by atoms with Crippen LogP contribution in [-0.4, -0.2) is 74.9 Å². The molecule has 0 aliphatic carbocycles. The van der Waals surface area contributed by atoms with Crippen LogP contribution in [0.5, 0.6) is 0 Å². The molecule has 0 saturated carbocycles.